The van der Waals surface area contributed by atoms with E-state index in [0.29, 0.717) is 49.2 Å². The second-order valence-electron chi connectivity index (χ2n) is 11.1. The number of hydrogen-bond donors (Lipinski definition) is 3. The number of ether oxygens (including phenoxy) is 2. The fourth-order valence-electron chi connectivity index (χ4n) is 5.65. The zero-order valence-electron chi connectivity index (χ0n) is 23.0. The summed E-state index contributed by atoms with van der Waals surface area (Å²) in [6.07, 6.45) is 2.19. The predicted octanol–water partition coefficient (Wildman–Crippen LogP) is 6.77. The van der Waals surface area contributed by atoms with Crippen LogP contribution in [0.4, 0.5) is 0 Å². The van der Waals surface area contributed by atoms with Gasteiger partial charge in [0.15, 0.2) is 0 Å². The number of carbonyl (C=O) groups is 1. The fraction of sp³-hybridized carbons (Fsp3) is 0.235. The topological polar surface area (TPSA) is 111 Å². The molecule has 1 fully saturated rings. The molecule has 208 valence electrons. The summed E-state index contributed by atoms with van der Waals surface area (Å²) in [6.45, 7) is 2.21. The van der Waals surface area contributed by atoms with Crippen molar-refractivity contribution in [3.05, 3.63) is 108 Å². The van der Waals surface area contributed by atoms with E-state index in [4.69, 9.17) is 20.6 Å². The minimum atomic E-state index is -0.714. The minimum Gasteiger partial charge on any atom is -0.458 e. The van der Waals surface area contributed by atoms with E-state index in [1.54, 1.807) is 6.07 Å². The highest BCUT2D eigenvalue weighted by Crippen LogP contribution is 2.33. The van der Waals surface area contributed by atoms with Gasteiger partial charge >= 0.3 is 5.97 Å². The van der Waals surface area contributed by atoms with E-state index in [1.807, 2.05) is 90.4 Å². The quantitative estimate of drug-likeness (QED) is 0.118. The van der Waals surface area contributed by atoms with Gasteiger partial charge in [-0.05, 0) is 85.3 Å². The Balaban J connectivity index is 1.42. The molecule has 4 aromatic carbocycles. The Bertz CT molecular complexity index is 1750. The van der Waals surface area contributed by atoms with Gasteiger partial charge in [0.05, 0.1) is 5.60 Å². The van der Waals surface area contributed by atoms with Gasteiger partial charge in [0.25, 0.3) is 0 Å². The van der Waals surface area contributed by atoms with Crippen LogP contribution in [-0.4, -0.2) is 33.2 Å². The summed E-state index contributed by atoms with van der Waals surface area (Å²) in [5.74, 6) is 0.992. The molecule has 0 radical (unpaired) electrons. The molecule has 41 heavy (non-hydrogen) atoms. The molecule has 1 aliphatic carbocycles. The lowest BCUT2D eigenvalue weighted by molar-refractivity contribution is -0.0326. The maximum absolute atomic E-state index is 13.6. The number of benzene rings is 4. The first-order valence-corrected chi connectivity index (χ1v) is 13.9. The number of nitrogens with one attached hydrogen (secondary N) is 1. The number of carbonyl (C=O) groups excluding carboxylic acids is 1. The zero-order valence-corrected chi connectivity index (χ0v) is 23.0. The first-order chi connectivity index (χ1) is 19.8. The Hall–Kier alpha value is -4.62. The normalized spacial score (nSPS) is 18.8. The molecule has 1 saturated carbocycles. The van der Waals surface area contributed by atoms with E-state index in [-0.39, 0.29) is 11.9 Å². The van der Waals surface area contributed by atoms with Crippen LogP contribution in [0.25, 0.3) is 21.7 Å². The Morgan fingerprint density at radius 2 is 1.68 bits per heavy atom. The van der Waals surface area contributed by atoms with Gasteiger partial charge in [-0.2, -0.15) is 0 Å². The number of esters is 1. The average molecular weight is 548 g/mol. The molecule has 6 rings (SSSR count). The standard InChI is InChI=1S/C34H33N3O4/c1-34(39)15-13-27(14-16-34)41-33(38)31-19-23-11-12-24(32(35)36)20-30(23)37(31)21-25-18-28(40-26-8-3-2-4-9-26)17-22-7-5-6-10-29(22)25/h2-12,17-20,27,39H,13-16,21H2,1H3,(H3,35,36). The first-order valence-electron chi connectivity index (χ1n) is 13.9. The van der Waals surface area contributed by atoms with E-state index in [1.165, 1.54) is 0 Å². The molecule has 7 heteroatoms. The van der Waals surface area contributed by atoms with Crippen LogP contribution in [0.15, 0.2) is 91.0 Å². The smallest absolute Gasteiger partial charge is 0.355 e. The van der Waals surface area contributed by atoms with Crippen LogP contribution < -0.4 is 10.5 Å². The molecule has 1 aliphatic rings. The summed E-state index contributed by atoms with van der Waals surface area (Å²) in [5.41, 5.74) is 7.89. The molecule has 5 aromatic rings. The van der Waals surface area contributed by atoms with Gasteiger partial charge in [0, 0.05) is 23.0 Å². The highest BCUT2D eigenvalue weighted by Gasteiger charge is 2.31. The fourth-order valence-corrected chi connectivity index (χ4v) is 5.65. The third kappa shape index (κ3) is 5.67. The highest BCUT2D eigenvalue weighted by atomic mass is 16.5. The van der Waals surface area contributed by atoms with Crippen LogP contribution in [0.2, 0.25) is 0 Å². The van der Waals surface area contributed by atoms with Crippen LogP contribution in [0.5, 0.6) is 11.5 Å². The summed E-state index contributed by atoms with van der Waals surface area (Å²) in [6, 6.07) is 29.1. The molecule has 1 heterocycles. The molecular formula is C34H33N3O4. The molecule has 0 unspecified atom stereocenters. The largest absolute Gasteiger partial charge is 0.458 e. The summed E-state index contributed by atoms with van der Waals surface area (Å²) >= 11 is 0. The number of hydrogen-bond acceptors (Lipinski definition) is 5. The van der Waals surface area contributed by atoms with Gasteiger partial charge in [-0.1, -0.05) is 54.6 Å². The maximum atomic E-state index is 13.6. The van der Waals surface area contributed by atoms with Gasteiger partial charge < -0.3 is 24.9 Å². The Morgan fingerprint density at radius 1 is 0.951 bits per heavy atom. The molecular weight excluding hydrogens is 514 g/mol. The molecule has 0 saturated heterocycles. The molecule has 0 amide bonds. The van der Waals surface area contributed by atoms with Crippen molar-refractivity contribution in [2.75, 3.05) is 0 Å². The lowest BCUT2D eigenvalue weighted by atomic mass is 9.85. The molecule has 0 aliphatic heterocycles. The van der Waals surface area contributed by atoms with E-state index < -0.39 is 11.6 Å². The van der Waals surface area contributed by atoms with Crippen molar-refractivity contribution in [2.24, 2.45) is 5.73 Å². The number of para-hydroxylation sites is 1. The lowest BCUT2D eigenvalue weighted by Crippen LogP contribution is -2.34. The molecule has 1 aromatic heterocycles. The van der Waals surface area contributed by atoms with Gasteiger partial charge in [0.2, 0.25) is 0 Å². The van der Waals surface area contributed by atoms with E-state index >= 15 is 0 Å². The minimum absolute atomic E-state index is 0.0401. The van der Waals surface area contributed by atoms with Crippen LogP contribution in [-0.2, 0) is 11.3 Å². The van der Waals surface area contributed by atoms with Crippen molar-refractivity contribution in [1.29, 1.82) is 5.41 Å². The summed E-state index contributed by atoms with van der Waals surface area (Å²) in [7, 11) is 0. The number of aliphatic hydroxyl groups is 1. The molecule has 0 atom stereocenters. The number of fused-ring (bicyclic) bond motifs is 2. The SMILES string of the molecule is CC1(O)CCC(OC(=O)c2cc3ccc(C(=N)N)cc3n2Cc2cc(Oc3ccccc3)cc3ccccc23)CC1. The second kappa shape index (κ2) is 10.7. The predicted molar refractivity (Wildman–Crippen MR) is 161 cm³/mol. The van der Waals surface area contributed by atoms with Crippen molar-refractivity contribution >= 4 is 33.5 Å². The zero-order chi connectivity index (χ0) is 28.6. The van der Waals surface area contributed by atoms with Gasteiger partial charge in [0.1, 0.15) is 29.1 Å². The molecule has 7 nitrogen and oxygen atoms in total. The number of nitrogens with two attached hydrogens (primary N) is 1. The van der Waals surface area contributed by atoms with E-state index in [0.717, 1.165) is 33.0 Å². The van der Waals surface area contributed by atoms with Crippen molar-refractivity contribution < 1.29 is 19.4 Å². The summed E-state index contributed by atoms with van der Waals surface area (Å²) < 4.78 is 14.1. The third-order valence-electron chi connectivity index (χ3n) is 7.94. The van der Waals surface area contributed by atoms with Crippen molar-refractivity contribution in [2.45, 2.75) is 50.9 Å². The Kier molecular flexibility index (Phi) is 6.97. The van der Waals surface area contributed by atoms with Crippen LogP contribution in [0.1, 0.15) is 54.2 Å². The van der Waals surface area contributed by atoms with E-state index in [9.17, 15) is 9.90 Å². The van der Waals surface area contributed by atoms with Gasteiger partial charge in [-0.25, -0.2) is 4.79 Å². The summed E-state index contributed by atoms with van der Waals surface area (Å²) in [4.78, 5) is 13.6. The number of aromatic nitrogens is 1. The van der Waals surface area contributed by atoms with Gasteiger partial charge in [-0.15, -0.1) is 0 Å². The molecule has 0 spiro atoms. The summed E-state index contributed by atoms with van der Waals surface area (Å²) in [5, 5.41) is 21.2. The lowest BCUT2D eigenvalue weighted by Gasteiger charge is -2.32. The van der Waals surface area contributed by atoms with Crippen LogP contribution in [0, 0.1) is 5.41 Å². The third-order valence-corrected chi connectivity index (χ3v) is 7.94. The van der Waals surface area contributed by atoms with Crippen molar-refractivity contribution in [1.82, 2.24) is 4.57 Å². The number of nitrogens with zero attached hydrogens (tertiary/aromatic N) is 1. The first kappa shape index (κ1) is 26.6. The van der Waals surface area contributed by atoms with Crippen LogP contribution in [0.3, 0.4) is 0 Å². The second-order valence-corrected chi connectivity index (χ2v) is 11.1. The highest BCUT2D eigenvalue weighted by molar-refractivity contribution is 6.01. The van der Waals surface area contributed by atoms with Crippen molar-refractivity contribution in [3.63, 3.8) is 0 Å². The molecule has 4 N–H and O–H groups in total. The average Bonchev–Trinajstić information content (AvgIpc) is 3.32. The van der Waals surface area contributed by atoms with Gasteiger partial charge in [-0.3, -0.25) is 5.41 Å². The van der Waals surface area contributed by atoms with Crippen LogP contribution >= 0.6 is 0 Å². The molecule has 0 bridgehead atoms. The Labute approximate surface area is 238 Å². The maximum Gasteiger partial charge on any atom is 0.355 e. The Morgan fingerprint density at radius 3 is 2.44 bits per heavy atom. The van der Waals surface area contributed by atoms with E-state index in [2.05, 4.69) is 6.07 Å². The monoisotopic (exact) mass is 547 g/mol. The number of amidine groups is 1. The number of nitrogen functional groups attached to an aromatic ring is 1. The number of rotatable bonds is 7. The van der Waals surface area contributed by atoms with Crippen molar-refractivity contribution in [3.8, 4) is 11.5 Å².